The fourth-order valence-electron chi connectivity index (χ4n) is 3.50. The van der Waals surface area contributed by atoms with Gasteiger partial charge in [-0.15, -0.1) is 0 Å². The predicted molar refractivity (Wildman–Crippen MR) is 72.7 cm³/mol. The molecule has 0 saturated heterocycles. The van der Waals surface area contributed by atoms with E-state index in [1.54, 1.807) is 6.07 Å². The van der Waals surface area contributed by atoms with Crippen molar-refractivity contribution in [1.82, 2.24) is 9.88 Å². The summed E-state index contributed by atoms with van der Waals surface area (Å²) in [6.07, 6.45) is -2.68. The van der Waals surface area contributed by atoms with Crippen molar-refractivity contribution in [3.8, 4) is 5.75 Å². The average Bonchev–Trinajstić information content (AvgIpc) is 2.62. The first-order valence-electron chi connectivity index (χ1n) is 7.15. The largest absolute Gasteiger partial charge is 0.489 e. The van der Waals surface area contributed by atoms with E-state index in [-0.39, 0.29) is 5.75 Å². The van der Waals surface area contributed by atoms with Gasteiger partial charge in [-0.2, -0.15) is 13.2 Å². The summed E-state index contributed by atoms with van der Waals surface area (Å²) >= 11 is 0. The monoisotopic (exact) mass is 296 g/mol. The molecule has 2 aliphatic heterocycles. The van der Waals surface area contributed by atoms with Crippen LogP contribution in [0.25, 0.3) is 10.9 Å². The van der Waals surface area contributed by atoms with Crippen molar-refractivity contribution >= 4 is 10.9 Å². The Kier molecular flexibility index (Phi) is 2.73. The van der Waals surface area contributed by atoms with Gasteiger partial charge in [-0.05, 0) is 24.6 Å². The van der Waals surface area contributed by atoms with Gasteiger partial charge in [-0.1, -0.05) is 6.07 Å². The van der Waals surface area contributed by atoms with Gasteiger partial charge in [0.15, 0.2) is 5.75 Å². The topological polar surface area (TPSA) is 26.2 Å². The lowest BCUT2D eigenvalue weighted by Crippen LogP contribution is -2.21. The highest BCUT2D eigenvalue weighted by Crippen LogP contribution is 2.44. The van der Waals surface area contributed by atoms with Crippen molar-refractivity contribution in [2.45, 2.75) is 25.6 Å². The van der Waals surface area contributed by atoms with Crippen molar-refractivity contribution in [1.29, 1.82) is 0 Å². The lowest BCUT2D eigenvalue weighted by Gasteiger charge is -2.22. The first-order chi connectivity index (χ1) is 10.1. The minimum absolute atomic E-state index is 0.00674. The molecule has 3 nitrogen and oxygen atoms in total. The number of rotatable bonds is 0. The quantitative estimate of drug-likeness (QED) is 0.809. The third kappa shape index (κ3) is 1.85. The van der Waals surface area contributed by atoms with Crippen LogP contribution in [0.3, 0.4) is 0 Å². The lowest BCUT2D eigenvalue weighted by atomic mass is 10.0. The molecule has 21 heavy (non-hydrogen) atoms. The first-order valence-corrected chi connectivity index (χ1v) is 7.15. The molecule has 0 fully saturated rings. The molecule has 0 spiro atoms. The van der Waals surface area contributed by atoms with E-state index in [1.807, 2.05) is 4.57 Å². The Morgan fingerprint density at radius 3 is 2.76 bits per heavy atom. The molecule has 0 atom stereocenters. The smallest absolute Gasteiger partial charge is 0.420 e. The van der Waals surface area contributed by atoms with Crippen molar-refractivity contribution in [3.63, 3.8) is 0 Å². The van der Waals surface area contributed by atoms with E-state index >= 15 is 0 Å². The number of nitrogens with one attached hydrogen (secondary N) is 1. The fraction of sp³-hybridized carbons (Fsp3) is 0.467. The fourth-order valence-corrected chi connectivity index (χ4v) is 3.50. The molecule has 0 radical (unpaired) electrons. The van der Waals surface area contributed by atoms with Crippen LogP contribution in [0, 0.1) is 0 Å². The van der Waals surface area contributed by atoms with Gasteiger partial charge in [0.05, 0.1) is 17.6 Å². The number of benzene rings is 1. The van der Waals surface area contributed by atoms with Crippen LogP contribution in [-0.4, -0.2) is 24.3 Å². The molecule has 3 heterocycles. The molecular formula is C15H15F3N2O. The molecule has 6 heteroatoms. The van der Waals surface area contributed by atoms with Gasteiger partial charge >= 0.3 is 6.18 Å². The highest BCUT2D eigenvalue weighted by atomic mass is 19.4. The third-order valence-electron chi connectivity index (χ3n) is 4.36. The molecule has 2 aromatic rings. The van der Waals surface area contributed by atoms with E-state index in [2.05, 4.69) is 5.32 Å². The first kappa shape index (κ1) is 13.0. The summed E-state index contributed by atoms with van der Waals surface area (Å²) in [5.74, 6) is 0.00674. The SMILES string of the molecule is FC(F)(F)c1ccc2c3c(n4c2c1OCC4)CCNCC3. The zero-order valence-electron chi connectivity index (χ0n) is 11.4. The summed E-state index contributed by atoms with van der Waals surface area (Å²) < 4.78 is 46.9. The molecule has 0 unspecified atom stereocenters. The van der Waals surface area contributed by atoms with E-state index in [0.29, 0.717) is 18.7 Å². The van der Waals surface area contributed by atoms with Crippen molar-refractivity contribution in [2.24, 2.45) is 0 Å². The van der Waals surface area contributed by atoms with Crippen molar-refractivity contribution < 1.29 is 17.9 Å². The van der Waals surface area contributed by atoms with Gasteiger partial charge < -0.3 is 14.6 Å². The number of ether oxygens (including phenoxy) is 1. The second-order valence-electron chi connectivity index (χ2n) is 5.51. The van der Waals surface area contributed by atoms with Gasteiger partial charge in [0.1, 0.15) is 6.61 Å². The summed E-state index contributed by atoms with van der Waals surface area (Å²) in [7, 11) is 0. The van der Waals surface area contributed by atoms with Crippen LogP contribution < -0.4 is 10.1 Å². The molecule has 1 N–H and O–H groups in total. The summed E-state index contributed by atoms with van der Waals surface area (Å²) in [6, 6.07) is 2.77. The zero-order chi connectivity index (χ0) is 14.6. The van der Waals surface area contributed by atoms with Gasteiger partial charge in [-0.3, -0.25) is 0 Å². The molecule has 1 aromatic heterocycles. The lowest BCUT2D eigenvalue weighted by molar-refractivity contribution is -0.138. The Morgan fingerprint density at radius 1 is 1.14 bits per heavy atom. The number of alkyl halides is 3. The standard InChI is InChI=1S/C15H15F3N2O/c16-15(17,18)11-2-1-10-9-3-5-19-6-4-12(9)20-7-8-21-14(11)13(10)20/h1-2,19H,3-8H2. The Labute approximate surface area is 119 Å². The molecule has 112 valence electrons. The van der Waals surface area contributed by atoms with Crippen LogP contribution in [0.15, 0.2) is 12.1 Å². The van der Waals surface area contributed by atoms with E-state index in [1.165, 1.54) is 11.3 Å². The van der Waals surface area contributed by atoms with E-state index in [0.717, 1.165) is 37.4 Å². The Balaban J connectivity index is 2.05. The third-order valence-corrected chi connectivity index (χ3v) is 4.36. The Bertz CT molecular complexity index is 718. The normalized spacial score (nSPS) is 18.2. The van der Waals surface area contributed by atoms with E-state index in [4.69, 9.17) is 4.74 Å². The summed E-state index contributed by atoms with van der Waals surface area (Å²) in [5.41, 5.74) is 2.30. The summed E-state index contributed by atoms with van der Waals surface area (Å²) in [4.78, 5) is 0. The number of hydrogen-bond acceptors (Lipinski definition) is 2. The van der Waals surface area contributed by atoms with Crippen LogP contribution in [0.5, 0.6) is 5.75 Å². The summed E-state index contributed by atoms with van der Waals surface area (Å²) in [6.45, 7) is 2.65. The molecule has 0 aliphatic carbocycles. The molecule has 4 rings (SSSR count). The van der Waals surface area contributed by atoms with E-state index < -0.39 is 11.7 Å². The van der Waals surface area contributed by atoms with Gasteiger partial charge in [0.2, 0.25) is 0 Å². The van der Waals surface area contributed by atoms with Crippen LogP contribution in [0.2, 0.25) is 0 Å². The number of nitrogens with zero attached hydrogens (tertiary/aromatic N) is 1. The summed E-state index contributed by atoms with van der Waals surface area (Å²) in [5, 5.41) is 4.25. The minimum atomic E-state index is -4.38. The van der Waals surface area contributed by atoms with Crippen molar-refractivity contribution in [2.75, 3.05) is 19.7 Å². The second kappa shape index (κ2) is 4.40. The molecule has 0 saturated carbocycles. The highest BCUT2D eigenvalue weighted by Gasteiger charge is 2.37. The highest BCUT2D eigenvalue weighted by molar-refractivity contribution is 5.92. The maximum absolute atomic E-state index is 13.2. The van der Waals surface area contributed by atoms with Gasteiger partial charge in [0.25, 0.3) is 0 Å². The maximum atomic E-state index is 13.2. The molecule has 1 aromatic carbocycles. The second-order valence-corrected chi connectivity index (χ2v) is 5.51. The van der Waals surface area contributed by atoms with E-state index in [9.17, 15) is 13.2 Å². The van der Waals surface area contributed by atoms with Crippen LogP contribution in [0.1, 0.15) is 16.8 Å². The number of fused-ring (bicyclic) bond motifs is 3. The zero-order valence-corrected chi connectivity index (χ0v) is 11.4. The van der Waals surface area contributed by atoms with Crippen LogP contribution in [0.4, 0.5) is 13.2 Å². The molecule has 2 aliphatic rings. The Morgan fingerprint density at radius 2 is 1.95 bits per heavy atom. The van der Waals surface area contributed by atoms with Gasteiger partial charge in [-0.25, -0.2) is 0 Å². The molecular weight excluding hydrogens is 281 g/mol. The minimum Gasteiger partial charge on any atom is -0.489 e. The Hall–Kier alpha value is -1.69. The van der Waals surface area contributed by atoms with Crippen LogP contribution in [-0.2, 0) is 25.6 Å². The number of hydrogen-bond donors (Lipinski definition) is 1. The van der Waals surface area contributed by atoms with Crippen LogP contribution >= 0.6 is 0 Å². The van der Waals surface area contributed by atoms with Crippen molar-refractivity contribution in [3.05, 3.63) is 29.0 Å². The van der Waals surface area contributed by atoms with Gasteiger partial charge in [0, 0.05) is 24.0 Å². The molecule has 0 bridgehead atoms. The number of halogens is 3. The maximum Gasteiger partial charge on any atom is 0.420 e. The number of aromatic nitrogens is 1. The predicted octanol–water partition coefficient (Wildman–Crippen LogP) is 2.74. The molecule has 0 amide bonds. The average molecular weight is 296 g/mol.